The number of methoxy groups -OCH3 is 1. The number of hydrogen-bond donors (Lipinski definition) is 1. The molecule has 2 bridgehead atoms. The molecule has 35 heavy (non-hydrogen) atoms. The van der Waals surface area contributed by atoms with E-state index in [0.29, 0.717) is 28.7 Å². The summed E-state index contributed by atoms with van der Waals surface area (Å²) < 4.78 is 24.5. The quantitative estimate of drug-likeness (QED) is 0.450. The number of rotatable bonds is 8. The Morgan fingerprint density at radius 3 is 2.17 bits per heavy atom. The topological polar surface area (TPSA) is 78.8 Å². The summed E-state index contributed by atoms with van der Waals surface area (Å²) in [6.07, 6.45) is 10.2. The van der Waals surface area contributed by atoms with Crippen molar-refractivity contribution in [3.63, 3.8) is 0 Å². The van der Waals surface area contributed by atoms with Crippen molar-refractivity contribution in [3.05, 3.63) is 48.5 Å². The molecular formula is C29H36O5S. The molecule has 3 saturated carbocycles. The van der Waals surface area contributed by atoms with E-state index < -0.39 is 15.9 Å². The van der Waals surface area contributed by atoms with Crippen LogP contribution in [0.2, 0.25) is 0 Å². The standard InChI is InChI=1S/C29H36O5S/c1-33-22-7-9-23(10-8-22)34-24-11-13-25(14-12-24)35(32)29(27(31)16-19-30)20-21-6-15-26(29)28(21)17-4-2-3-5-18-28/h7-14,21,26,30H,2-6,15-20H2,1H3. The molecule has 0 heterocycles. The van der Waals surface area contributed by atoms with Gasteiger partial charge in [0.05, 0.1) is 13.7 Å². The Kier molecular flexibility index (Phi) is 7.16. The minimum absolute atomic E-state index is 0.00675. The third-order valence-electron chi connectivity index (χ3n) is 8.93. The van der Waals surface area contributed by atoms with Gasteiger partial charge in [-0.1, -0.05) is 25.7 Å². The van der Waals surface area contributed by atoms with Gasteiger partial charge in [-0.25, -0.2) is 0 Å². The maximum atomic E-state index is 14.3. The number of carbonyl (C=O) groups is 1. The number of benzene rings is 2. The second-order valence-corrected chi connectivity index (χ2v) is 12.2. The molecular weight excluding hydrogens is 460 g/mol. The largest absolute Gasteiger partial charge is 0.611 e. The number of aliphatic hydroxyl groups is 1. The second-order valence-electron chi connectivity index (χ2n) is 10.5. The molecule has 3 aliphatic carbocycles. The lowest BCUT2D eigenvalue weighted by atomic mass is 9.70. The summed E-state index contributed by atoms with van der Waals surface area (Å²) in [7, 11) is 1.63. The summed E-state index contributed by atoms with van der Waals surface area (Å²) in [6, 6.07) is 14.7. The first kappa shape index (κ1) is 24.7. The van der Waals surface area contributed by atoms with Crippen molar-refractivity contribution in [2.75, 3.05) is 13.7 Å². The number of Topliss-reactive ketones (excluding diaryl/α,β-unsaturated/α-hetero) is 1. The van der Waals surface area contributed by atoms with Crippen LogP contribution in [0.15, 0.2) is 53.4 Å². The lowest BCUT2D eigenvalue weighted by Gasteiger charge is -2.40. The Labute approximate surface area is 211 Å². The molecule has 0 saturated heterocycles. The molecule has 0 amide bonds. The van der Waals surface area contributed by atoms with E-state index in [2.05, 4.69) is 0 Å². The van der Waals surface area contributed by atoms with E-state index in [0.717, 1.165) is 31.4 Å². The van der Waals surface area contributed by atoms with Crippen molar-refractivity contribution in [2.24, 2.45) is 17.3 Å². The van der Waals surface area contributed by atoms with E-state index in [1.54, 1.807) is 7.11 Å². The van der Waals surface area contributed by atoms with E-state index in [9.17, 15) is 14.5 Å². The molecule has 0 aliphatic heterocycles. The van der Waals surface area contributed by atoms with Gasteiger partial charge in [0.15, 0.2) is 15.4 Å². The molecule has 1 N–H and O–H groups in total. The fourth-order valence-corrected chi connectivity index (χ4v) is 9.51. The molecule has 1 spiro atoms. The van der Waals surface area contributed by atoms with E-state index in [1.165, 1.54) is 25.7 Å². The number of ether oxygens (including phenoxy) is 2. The molecule has 3 aliphatic rings. The molecule has 2 aromatic rings. The Bertz CT molecular complexity index is 1010. The van der Waals surface area contributed by atoms with Crippen LogP contribution < -0.4 is 9.47 Å². The fourth-order valence-electron chi connectivity index (χ4n) is 7.43. The average Bonchev–Trinajstić information content (AvgIpc) is 3.21. The molecule has 188 valence electrons. The van der Waals surface area contributed by atoms with Crippen molar-refractivity contribution in [1.29, 1.82) is 0 Å². The Morgan fingerprint density at radius 2 is 1.57 bits per heavy atom. The maximum absolute atomic E-state index is 14.3. The molecule has 3 fully saturated rings. The first-order valence-electron chi connectivity index (χ1n) is 13.0. The number of carbonyl (C=O) groups excluding carboxylic acids is 1. The lowest BCUT2D eigenvalue weighted by Crippen LogP contribution is -2.52. The van der Waals surface area contributed by atoms with Gasteiger partial charge < -0.3 is 19.1 Å². The molecule has 6 heteroatoms. The number of hydrogen-bond acceptors (Lipinski definition) is 5. The second kappa shape index (κ2) is 10.2. The van der Waals surface area contributed by atoms with Crippen LogP contribution >= 0.6 is 0 Å². The lowest BCUT2D eigenvalue weighted by molar-refractivity contribution is -0.124. The number of ketones is 1. The van der Waals surface area contributed by atoms with Crippen molar-refractivity contribution < 1.29 is 23.9 Å². The van der Waals surface area contributed by atoms with Crippen molar-refractivity contribution >= 4 is 17.0 Å². The summed E-state index contributed by atoms with van der Waals surface area (Å²) >= 11 is -1.47. The predicted octanol–water partition coefficient (Wildman–Crippen LogP) is 6.06. The molecule has 5 rings (SSSR count). The van der Waals surface area contributed by atoms with Gasteiger partial charge in [0.1, 0.15) is 17.2 Å². The number of aliphatic hydroxyl groups excluding tert-OH is 1. The van der Waals surface area contributed by atoms with Crippen LogP contribution in [0.3, 0.4) is 0 Å². The third-order valence-corrected chi connectivity index (χ3v) is 11.0. The van der Waals surface area contributed by atoms with Crippen LogP contribution in [0.4, 0.5) is 0 Å². The third kappa shape index (κ3) is 4.28. The molecule has 0 aromatic heterocycles. The predicted molar refractivity (Wildman–Crippen MR) is 136 cm³/mol. The fraction of sp³-hybridized carbons (Fsp3) is 0.552. The summed E-state index contributed by atoms with van der Waals surface area (Å²) in [4.78, 5) is 14.3. The normalized spacial score (nSPS) is 28.0. The molecule has 4 unspecified atom stereocenters. The molecule has 0 radical (unpaired) electrons. The first-order chi connectivity index (χ1) is 17.0. The van der Waals surface area contributed by atoms with E-state index >= 15 is 0 Å². The van der Waals surface area contributed by atoms with E-state index in [-0.39, 0.29) is 30.1 Å². The van der Waals surface area contributed by atoms with Gasteiger partial charge in [0, 0.05) is 18.8 Å². The molecule has 5 nitrogen and oxygen atoms in total. The Hall–Kier alpha value is -2.02. The van der Waals surface area contributed by atoms with Gasteiger partial charge in [-0.3, -0.25) is 4.79 Å². The van der Waals surface area contributed by atoms with Crippen LogP contribution in [0.5, 0.6) is 17.2 Å². The summed E-state index contributed by atoms with van der Waals surface area (Å²) in [5.41, 5.74) is 0.148. The van der Waals surface area contributed by atoms with Gasteiger partial charge in [0.2, 0.25) is 0 Å². The van der Waals surface area contributed by atoms with Crippen molar-refractivity contribution in [2.45, 2.75) is 73.9 Å². The first-order valence-corrected chi connectivity index (χ1v) is 14.2. The highest BCUT2D eigenvalue weighted by atomic mass is 32.2. The SMILES string of the molecule is COc1ccc(Oc2ccc([S+]([O-])C3(C(=O)CCO)CC4CCC3C43CCCCCC3)cc2)cc1. The minimum Gasteiger partial charge on any atom is -0.611 e. The van der Waals surface area contributed by atoms with Crippen LogP contribution in [0.1, 0.15) is 64.2 Å². The van der Waals surface area contributed by atoms with Crippen LogP contribution in [0, 0.1) is 17.3 Å². The Balaban J connectivity index is 1.42. The average molecular weight is 497 g/mol. The summed E-state index contributed by atoms with van der Waals surface area (Å²) in [6.45, 7) is -0.184. The highest BCUT2D eigenvalue weighted by molar-refractivity contribution is 7.93. The van der Waals surface area contributed by atoms with E-state index in [1.807, 2.05) is 48.5 Å². The van der Waals surface area contributed by atoms with Gasteiger partial charge in [0.25, 0.3) is 0 Å². The highest BCUT2D eigenvalue weighted by Crippen LogP contribution is 2.69. The zero-order valence-corrected chi connectivity index (χ0v) is 21.4. The van der Waals surface area contributed by atoms with Gasteiger partial charge >= 0.3 is 0 Å². The smallest absolute Gasteiger partial charge is 0.192 e. The van der Waals surface area contributed by atoms with Gasteiger partial charge in [-0.15, -0.1) is 0 Å². The minimum atomic E-state index is -1.47. The zero-order chi connectivity index (χ0) is 24.5. The maximum Gasteiger partial charge on any atom is 0.192 e. The van der Waals surface area contributed by atoms with Crippen LogP contribution in [-0.4, -0.2) is 33.9 Å². The van der Waals surface area contributed by atoms with Crippen molar-refractivity contribution in [3.8, 4) is 17.2 Å². The van der Waals surface area contributed by atoms with E-state index in [4.69, 9.17) is 9.47 Å². The van der Waals surface area contributed by atoms with Crippen LogP contribution in [0.25, 0.3) is 0 Å². The molecule has 4 atom stereocenters. The molecule has 2 aromatic carbocycles. The highest BCUT2D eigenvalue weighted by Gasteiger charge is 2.72. The zero-order valence-electron chi connectivity index (χ0n) is 20.5. The Morgan fingerprint density at radius 1 is 0.971 bits per heavy atom. The summed E-state index contributed by atoms with van der Waals surface area (Å²) in [5, 5.41) is 9.65. The summed E-state index contributed by atoms with van der Waals surface area (Å²) in [5.74, 6) is 2.71. The van der Waals surface area contributed by atoms with Gasteiger partial charge in [-0.05, 0) is 96.7 Å². The van der Waals surface area contributed by atoms with Gasteiger partial charge in [-0.2, -0.15) is 0 Å². The van der Waals surface area contributed by atoms with Crippen molar-refractivity contribution in [1.82, 2.24) is 0 Å². The van der Waals surface area contributed by atoms with Crippen LogP contribution in [-0.2, 0) is 16.0 Å². The monoisotopic (exact) mass is 496 g/mol.